The minimum Gasteiger partial charge on any atom is -0.504 e. The Bertz CT molecular complexity index is 633. The van der Waals surface area contributed by atoms with Crippen molar-refractivity contribution in [2.75, 3.05) is 0 Å². The van der Waals surface area contributed by atoms with Gasteiger partial charge in [-0.15, -0.1) is 6.42 Å². The molecule has 0 bridgehead atoms. The van der Waals surface area contributed by atoms with Crippen molar-refractivity contribution in [1.29, 1.82) is 0 Å². The van der Waals surface area contributed by atoms with Crippen molar-refractivity contribution in [3.05, 3.63) is 23.5 Å². The largest absolute Gasteiger partial charge is 0.504 e. The maximum Gasteiger partial charge on any atom is 0.219 e. The number of rotatable bonds is 0. The molecule has 2 fully saturated rings. The van der Waals surface area contributed by atoms with E-state index in [1.165, 1.54) is 6.08 Å². The van der Waals surface area contributed by atoms with Crippen LogP contribution in [0.25, 0.3) is 0 Å². The Hall–Kier alpha value is -1.82. The Kier molecular flexibility index (Phi) is 2.92. The van der Waals surface area contributed by atoms with Gasteiger partial charge in [0.25, 0.3) is 0 Å². The van der Waals surface area contributed by atoms with Crippen LogP contribution in [-0.2, 0) is 9.59 Å². The molecule has 1 N–H and O–H groups in total. The molecule has 3 aliphatic carbocycles. The summed E-state index contributed by atoms with van der Waals surface area (Å²) in [5.74, 6) is 2.74. The molecular weight excluding hydrogens is 264 g/mol. The summed E-state index contributed by atoms with van der Waals surface area (Å²) in [5, 5.41) is 9.80. The highest BCUT2D eigenvalue weighted by molar-refractivity contribution is 6.04. The molecule has 0 saturated heterocycles. The number of hydrogen-bond donors (Lipinski definition) is 1. The van der Waals surface area contributed by atoms with E-state index in [2.05, 4.69) is 12.8 Å². The lowest BCUT2D eigenvalue weighted by atomic mass is 9.48. The molecule has 110 valence electrons. The fourth-order valence-corrected chi connectivity index (χ4v) is 4.65. The van der Waals surface area contributed by atoms with Crippen LogP contribution < -0.4 is 0 Å². The average molecular weight is 284 g/mol. The monoisotopic (exact) mass is 284 g/mol. The van der Waals surface area contributed by atoms with Gasteiger partial charge in [-0.25, -0.2) is 0 Å². The minimum absolute atomic E-state index is 0.00929. The van der Waals surface area contributed by atoms with E-state index in [1.54, 1.807) is 6.08 Å². The molecule has 4 atom stereocenters. The fourth-order valence-electron chi connectivity index (χ4n) is 4.65. The highest BCUT2D eigenvalue weighted by Gasteiger charge is 2.55. The van der Waals surface area contributed by atoms with E-state index in [1.807, 2.05) is 6.92 Å². The van der Waals surface area contributed by atoms with Crippen LogP contribution in [0.3, 0.4) is 0 Å². The molecule has 0 heterocycles. The van der Waals surface area contributed by atoms with Crippen molar-refractivity contribution in [3.63, 3.8) is 0 Å². The second-order valence-electron chi connectivity index (χ2n) is 6.89. The summed E-state index contributed by atoms with van der Waals surface area (Å²) in [6.07, 6.45) is 11.7. The smallest absolute Gasteiger partial charge is 0.219 e. The second-order valence-corrected chi connectivity index (χ2v) is 6.89. The predicted octanol–water partition coefficient (Wildman–Crippen LogP) is 2.97. The van der Waals surface area contributed by atoms with Crippen LogP contribution in [0, 0.1) is 35.0 Å². The van der Waals surface area contributed by atoms with E-state index in [0.717, 1.165) is 18.4 Å². The molecule has 4 unspecified atom stereocenters. The zero-order valence-corrected chi connectivity index (χ0v) is 12.5. The molecule has 0 aromatic heterocycles. The quantitative estimate of drug-likeness (QED) is 0.696. The maximum atomic E-state index is 12.0. The number of fused-ring (bicyclic) bond motifs is 3. The lowest BCUT2D eigenvalue weighted by molar-refractivity contribution is -0.131. The Morgan fingerprint density at radius 3 is 2.76 bits per heavy atom. The van der Waals surface area contributed by atoms with Crippen LogP contribution in [0.1, 0.15) is 39.5 Å². The Morgan fingerprint density at radius 2 is 2.10 bits per heavy atom. The van der Waals surface area contributed by atoms with E-state index < -0.39 is 5.41 Å². The number of aliphatic hydroxyl groups excluding tert-OH is 1. The third-order valence-corrected chi connectivity index (χ3v) is 5.93. The highest BCUT2D eigenvalue weighted by atomic mass is 16.3. The molecule has 0 aromatic rings. The topological polar surface area (TPSA) is 54.4 Å². The molecule has 0 aromatic carbocycles. The number of carbonyl (C=O) groups excluding carboxylic acids is 2. The van der Waals surface area contributed by atoms with Gasteiger partial charge >= 0.3 is 0 Å². The Morgan fingerprint density at radius 1 is 1.38 bits per heavy atom. The third-order valence-electron chi connectivity index (χ3n) is 5.93. The summed E-state index contributed by atoms with van der Waals surface area (Å²) in [6.45, 7) is 4.12. The standard InChI is InChI=1S/C18H20O3/c1-4-18-8-5-12-11(2)13(19)6-7-17(12,3)16(18)9-14(20)15(21)10-18/h1,9-12,21H,5-8H2,2-3H3. The van der Waals surface area contributed by atoms with Gasteiger partial charge in [-0.1, -0.05) is 19.8 Å². The lowest BCUT2D eigenvalue weighted by Gasteiger charge is -2.55. The van der Waals surface area contributed by atoms with Crippen LogP contribution in [0.4, 0.5) is 0 Å². The van der Waals surface area contributed by atoms with Gasteiger partial charge in [0.1, 0.15) is 5.78 Å². The van der Waals surface area contributed by atoms with Gasteiger partial charge in [0.2, 0.25) is 5.78 Å². The Balaban J connectivity index is 2.14. The molecule has 3 aliphatic rings. The van der Waals surface area contributed by atoms with Crippen LogP contribution in [0.15, 0.2) is 23.5 Å². The number of Topliss-reactive ketones (excluding diaryl/α,β-unsaturated/α-hetero) is 1. The van der Waals surface area contributed by atoms with E-state index in [0.29, 0.717) is 18.6 Å². The summed E-state index contributed by atoms with van der Waals surface area (Å²) < 4.78 is 0. The first-order valence-corrected chi connectivity index (χ1v) is 7.53. The lowest BCUT2D eigenvalue weighted by Crippen LogP contribution is -2.50. The molecular formula is C18H20O3. The third kappa shape index (κ3) is 1.75. The summed E-state index contributed by atoms with van der Waals surface area (Å²) in [7, 11) is 0. The molecule has 0 radical (unpaired) electrons. The highest BCUT2D eigenvalue weighted by Crippen LogP contribution is 2.61. The normalized spacial score (nSPS) is 42.3. The summed E-state index contributed by atoms with van der Waals surface area (Å²) in [6, 6.07) is 0. The summed E-state index contributed by atoms with van der Waals surface area (Å²) >= 11 is 0. The Labute approximate surface area is 125 Å². The van der Waals surface area contributed by atoms with Gasteiger partial charge in [0.15, 0.2) is 5.76 Å². The van der Waals surface area contributed by atoms with E-state index >= 15 is 0 Å². The number of aliphatic hydroxyl groups is 1. The summed E-state index contributed by atoms with van der Waals surface area (Å²) in [4.78, 5) is 24.0. The molecule has 21 heavy (non-hydrogen) atoms. The van der Waals surface area contributed by atoms with E-state index in [-0.39, 0.29) is 28.8 Å². The number of carbonyl (C=O) groups is 2. The van der Waals surface area contributed by atoms with Gasteiger partial charge in [0.05, 0.1) is 5.41 Å². The SMILES string of the molecule is C#CC12C=C(O)C(=O)C=C1C1(C)CCC(=O)C(C)C1CC2. The first-order chi connectivity index (χ1) is 9.84. The first kappa shape index (κ1) is 14.1. The van der Waals surface area contributed by atoms with Crippen molar-refractivity contribution in [2.24, 2.45) is 22.7 Å². The molecule has 2 saturated carbocycles. The van der Waals surface area contributed by atoms with E-state index in [9.17, 15) is 14.7 Å². The van der Waals surface area contributed by atoms with Crippen LogP contribution >= 0.6 is 0 Å². The molecule has 0 spiro atoms. The second kappa shape index (κ2) is 4.34. The molecule has 3 rings (SSSR count). The first-order valence-electron chi connectivity index (χ1n) is 7.53. The van der Waals surface area contributed by atoms with Crippen LogP contribution in [-0.4, -0.2) is 16.7 Å². The van der Waals surface area contributed by atoms with Crippen LogP contribution in [0.2, 0.25) is 0 Å². The van der Waals surface area contributed by atoms with Gasteiger partial charge in [-0.05, 0) is 48.3 Å². The number of ketones is 2. The molecule has 3 heteroatoms. The predicted molar refractivity (Wildman–Crippen MR) is 79.3 cm³/mol. The molecule has 0 amide bonds. The number of terminal acetylenes is 1. The minimum atomic E-state index is -0.663. The van der Waals surface area contributed by atoms with E-state index in [4.69, 9.17) is 6.42 Å². The van der Waals surface area contributed by atoms with Crippen molar-refractivity contribution in [2.45, 2.75) is 39.5 Å². The van der Waals surface area contributed by atoms with Gasteiger partial charge in [-0.3, -0.25) is 9.59 Å². The fraction of sp³-hybridized carbons (Fsp3) is 0.556. The van der Waals surface area contributed by atoms with Crippen molar-refractivity contribution < 1.29 is 14.7 Å². The number of allylic oxidation sites excluding steroid dienone is 3. The maximum absolute atomic E-state index is 12.0. The number of hydrogen-bond acceptors (Lipinski definition) is 3. The zero-order chi connectivity index (χ0) is 15.4. The van der Waals surface area contributed by atoms with Crippen LogP contribution in [0.5, 0.6) is 0 Å². The van der Waals surface area contributed by atoms with Crippen molar-refractivity contribution in [1.82, 2.24) is 0 Å². The molecule has 0 aliphatic heterocycles. The average Bonchev–Trinajstić information content (AvgIpc) is 2.46. The zero-order valence-electron chi connectivity index (χ0n) is 12.5. The summed E-state index contributed by atoms with van der Waals surface area (Å²) in [5.41, 5.74) is 0.0321. The van der Waals surface area contributed by atoms with Gasteiger partial charge in [0, 0.05) is 12.3 Å². The van der Waals surface area contributed by atoms with Gasteiger partial charge in [-0.2, -0.15) is 0 Å². The van der Waals surface area contributed by atoms with Crippen molar-refractivity contribution >= 4 is 11.6 Å². The van der Waals surface area contributed by atoms with Crippen molar-refractivity contribution in [3.8, 4) is 12.3 Å². The van der Waals surface area contributed by atoms with Gasteiger partial charge < -0.3 is 5.11 Å². The molecule has 3 nitrogen and oxygen atoms in total.